The second-order valence-corrected chi connectivity index (χ2v) is 4.43. The van der Waals surface area contributed by atoms with Crippen molar-refractivity contribution >= 4 is 0 Å². The molecule has 0 amide bonds. The van der Waals surface area contributed by atoms with Gasteiger partial charge >= 0.3 is 0 Å². The first-order valence-corrected chi connectivity index (χ1v) is 6.47. The molecule has 8 nitrogen and oxygen atoms in total. The molecule has 0 aromatic rings. The van der Waals surface area contributed by atoms with Crippen LogP contribution >= 0.6 is 0 Å². The van der Waals surface area contributed by atoms with Crippen molar-refractivity contribution in [3.8, 4) is 0 Å². The van der Waals surface area contributed by atoms with Crippen molar-refractivity contribution in [3.63, 3.8) is 0 Å². The van der Waals surface area contributed by atoms with Crippen molar-refractivity contribution in [1.82, 2.24) is 10.2 Å². The summed E-state index contributed by atoms with van der Waals surface area (Å²) in [6.45, 7) is 2.57. The quantitative estimate of drug-likeness (QED) is 0.248. The number of hydrogen-bond donors (Lipinski definition) is 4. The van der Waals surface area contributed by atoms with E-state index in [4.69, 9.17) is 10.2 Å². The summed E-state index contributed by atoms with van der Waals surface area (Å²) in [6, 6.07) is -1.36. The molecule has 0 bridgehead atoms. The van der Waals surface area contributed by atoms with E-state index in [1.165, 1.54) is 12.2 Å². The highest BCUT2D eigenvalue weighted by molar-refractivity contribution is 5.30. The van der Waals surface area contributed by atoms with E-state index in [9.17, 15) is 15.2 Å². The second kappa shape index (κ2) is 7.34. The van der Waals surface area contributed by atoms with E-state index in [1.54, 1.807) is 11.0 Å². The van der Waals surface area contributed by atoms with Gasteiger partial charge in [-0.25, -0.2) is 0 Å². The maximum atomic E-state index is 11.1. The molecule has 0 radical (unpaired) electrons. The molecule has 1 aliphatic rings. The third-order valence-electron chi connectivity index (χ3n) is 3.15. The number of nitro groups is 1. The molecule has 0 aromatic heterocycles. The number of allylic oxidation sites excluding steroid dienone is 1. The Kier molecular flexibility index (Phi) is 6.08. The van der Waals surface area contributed by atoms with Crippen molar-refractivity contribution in [3.05, 3.63) is 34.0 Å². The monoisotopic (exact) mass is 287 g/mol. The minimum absolute atomic E-state index is 0.0441. The van der Waals surface area contributed by atoms with Crippen LogP contribution in [0.25, 0.3) is 0 Å². The first-order chi connectivity index (χ1) is 9.48. The maximum absolute atomic E-state index is 11.1. The van der Waals surface area contributed by atoms with Gasteiger partial charge in [-0.3, -0.25) is 15.4 Å². The number of aliphatic hydroxyl groups is 3. The summed E-state index contributed by atoms with van der Waals surface area (Å²) in [4.78, 5) is 12.3. The summed E-state index contributed by atoms with van der Waals surface area (Å²) in [6.07, 6.45) is 4.23. The molecule has 0 saturated heterocycles. The Morgan fingerprint density at radius 1 is 1.50 bits per heavy atom. The molecule has 0 heterocycles. The Morgan fingerprint density at radius 2 is 2.20 bits per heavy atom. The van der Waals surface area contributed by atoms with Crippen LogP contribution < -0.4 is 5.32 Å². The van der Waals surface area contributed by atoms with Gasteiger partial charge in [0.15, 0.2) is 0 Å². The topological polar surface area (TPSA) is 119 Å². The number of likely N-dealkylation sites (N-methyl/N-ethyl adjacent to an activating group) is 1. The molecule has 1 aliphatic carbocycles. The molecule has 114 valence electrons. The van der Waals surface area contributed by atoms with Crippen LogP contribution in [0.4, 0.5) is 0 Å². The third-order valence-corrected chi connectivity index (χ3v) is 3.15. The molecular formula is C12H21N3O5. The van der Waals surface area contributed by atoms with E-state index in [1.807, 2.05) is 6.92 Å². The van der Waals surface area contributed by atoms with E-state index in [-0.39, 0.29) is 19.8 Å². The molecular weight excluding hydrogens is 266 g/mol. The number of hydrogen-bond acceptors (Lipinski definition) is 7. The minimum Gasteiger partial charge on any atom is -0.395 e. The smallest absolute Gasteiger partial charge is 0.278 e. The fourth-order valence-corrected chi connectivity index (χ4v) is 2.10. The molecule has 0 aliphatic heterocycles. The lowest BCUT2D eigenvalue weighted by molar-refractivity contribution is -0.530. The average Bonchev–Trinajstić information content (AvgIpc) is 2.43. The summed E-state index contributed by atoms with van der Waals surface area (Å²) in [5, 5.41) is 41.7. The fraction of sp³-hybridized carbons (Fsp3) is 0.667. The highest BCUT2D eigenvalue weighted by atomic mass is 16.6. The molecule has 8 heteroatoms. The standard InChI is InChI=1S/C12H21N3O5/c1-2-14(6-8-17)10-3-4-12(18,13-5-7-16)11(9-10)15(19)20/h3-4,9,11,13,16-18H,2,5-8H2,1H3. The van der Waals surface area contributed by atoms with Crippen molar-refractivity contribution in [2.75, 3.05) is 32.8 Å². The Hall–Kier alpha value is -1.48. The number of nitrogens with one attached hydrogen (secondary N) is 1. The van der Waals surface area contributed by atoms with Gasteiger partial charge in [0, 0.05) is 36.3 Å². The van der Waals surface area contributed by atoms with Crippen molar-refractivity contribution < 1.29 is 20.2 Å². The van der Waals surface area contributed by atoms with Gasteiger partial charge < -0.3 is 20.2 Å². The van der Waals surface area contributed by atoms with Crippen LogP contribution in [0.1, 0.15) is 6.92 Å². The lowest BCUT2D eigenvalue weighted by Gasteiger charge is -2.33. The van der Waals surface area contributed by atoms with Crippen LogP contribution in [0.2, 0.25) is 0 Å². The molecule has 0 fully saturated rings. The zero-order valence-electron chi connectivity index (χ0n) is 11.4. The third kappa shape index (κ3) is 3.76. The van der Waals surface area contributed by atoms with Crippen molar-refractivity contribution in [2.45, 2.75) is 18.7 Å². The minimum atomic E-state index is -1.83. The van der Waals surface area contributed by atoms with Gasteiger partial charge in [-0.1, -0.05) is 0 Å². The second-order valence-electron chi connectivity index (χ2n) is 4.43. The molecule has 2 atom stereocenters. The summed E-state index contributed by atoms with van der Waals surface area (Å²) >= 11 is 0. The molecule has 20 heavy (non-hydrogen) atoms. The maximum Gasteiger partial charge on any atom is 0.278 e. The molecule has 0 aromatic carbocycles. The predicted molar refractivity (Wildman–Crippen MR) is 72.4 cm³/mol. The van der Waals surface area contributed by atoms with Crippen LogP contribution in [0, 0.1) is 10.1 Å². The van der Waals surface area contributed by atoms with Crippen LogP contribution in [-0.2, 0) is 0 Å². The first-order valence-electron chi connectivity index (χ1n) is 6.47. The molecule has 2 unspecified atom stereocenters. The highest BCUT2D eigenvalue weighted by Gasteiger charge is 2.44. The van der Waals surface area contributed by atoms with Gasteiger partial charge in [0.2, 0.25) is 5.72 Å². The van der Waals surface area contributed by atoms with Gasteiger partial charge in [-0.05, 0) is 19.1 Å². The Labute approximate surface area is 117 Å². The fourth-order valence-electron chi connectivity index (χ4n) is 2.10. The van der Waals surface area contributed by atoms with E-state index in [0.717, 1.165) is 0 Å². The highest BCUT2D eigenvalue weighted by Crippen LogP contribution is 2.23. The van der Waals surface area contributed by atoms with Crippen LogP contribution in [-0.4, -0.2) is 69.8 Å². The van der Waals surface area contributed by atoms with E-state index >= 15 is 0 Å². The van der Waals surface area contributed by atoms with E-state index in [0.29, 0.717) is 18.8 Å². The largest absolute Gasteiger partial charge is 0.395 e. The lowest BCUT2D eigenvalue weighted by Crippen LogP contribution is -2.57. The zero-order valence-corrected chi connectivity index (χ0v) is 11.4. The molecule has 1 rings (SSSR count). The van der Waals surface area contributed by atoms with Crippen LogP contribution in [0.3, 0.4) is 0 Å². The van der Waals surface area contributed by atoms with E-state index in [2.05, 4.69) is 5.32 Å². The SMILES string of the molecule is CCN(CCO)C1=CC([N+](=O)[O-])C(O)(NCCO)C=C1. The van der Waals surface area contributed by atoms with Crippen LogP contribution in [0.5, 0.6) is 0 Å². The van der Waals surface area contributed by atoms with Gasteiger partial charge in [-0.15, -0.1) is 0 Å². The van der Waals surface area contributed by atoms with Gasteiger partial charge in [-0.2, -0.15) is 0 Å². The lowest BCUT2D eigenvalue weighted by atomic mass is 9.96. The summed E-state index contributed by atoms with van der Waals surface area (Å²) in [7, 11) is 0. The Balaban J connectivity index is 2.97. The predicted octanol–water partition coefficient (Wildman–Crippen LogP) is -1.33. The van der Waals surface area contributed by atoms with Gasteiger partial charge in [0.05, 0.1) is 13.2 Å². The summed E-state index contributed by atoms with van der Waals surface area (Å²) in [5.41, 5.74) is -1.24. The first kappa shape index (κ1) is 16.6. The molecule has 4 N–H and O–H groups in total. The van der Waals surface area contributed by atoms with Crippen LogP contribution in [0.15, 0.2) is 23.9 Å². The van der Waals surface area contributed by atoms with Crippen molar-refractivity contribution in [1.29, 1.82) is 0 Å². The van der Waals surface area contributed by atoms with Gasteiger partial charge in [0.1, 0.15) is 0 Å². The molecule has 0 saturated carbocycles. The van der Waals surface area contributed by atoms with Crippen molar-refractivity contribution in [2.24, 2.45) is 0 Å². The Morgan fingerprint density at radius 3 is 2.70 bits per heavy atom. The normalized spacial score (nSPS) is 25.4. The number of aliphatic hydroxyl groups excluding tert-OH is 2. The number of nitrogens with zero attached hydrogens (tertiary/aromatic N) is 2. The Bertz CT molecular complexity index is 399. The number of rotatable bonds is 8. The molecule has 0 spiro atoms. The zero-order chi connectivity index (χ0) is 15.2. The summed E-state index contributed by atoms with van der Waals surface area (Å²) in [5.74, 6) is 0. The average molecular weight is 287 g/mol. The van der Waals surface area contributed by atoms with E-state index < -0.39 is 16.7 Å². The van der Waals surface area contributed by atoms with Gasteiger partial charge in [0.25, 0.3) is 6.04 Å². The summed E-state index contributed by atoms with van der Waals surface area (Å²) < 4.78 is 0.